The number of anilines is 3. The summed E-state index contributed by atoms with van der Waals surface area (Å²) in [5.41, 5.74) is 4.26. The molecule has 4 heteroatoms. The second-order valence-corrected chi connectivity index (χ2v) is 4.96. The van der Waals surface area contributed by atoms with E-state index in [-0.39, 0.29) is 0 Å². The van der Waals surface area contributed by atoms with Crippen LogP contribution in [-0.4, -0.2) is 11.5 Å². The quantitative estimate of drug-likeness (QED) is 0.883. The van der Waals surface area contributed by atoms with Crippen molar-refractivity contribution < 1.29 is 0 Å². The van der Waals surface area contributed by atoms with Crippen LogP contribution in [0.25, 0.3) is 0 Å². The fourth-order valence-corrected chi connectivity index (χ4v) is 2.05. The molecule has 0 aliphatic heterocycles. The van der Waals surface area contributed by atoms with Crippen molar-refractivity contribution >= 4 is 33.0 Å². The predicted octanol–water partition coefficient (Wildman–Crippen LogP) is 4.33. The van der Waals surface area contributed by atoms with Crippen LogP contribution in [0, 0.1) is 6.92 Å². The molecule has 0 saturated carbocycles. The Morgan fingerprint density at radius 2 is 1.94 bits per heavy atom. The van der Waals surface area contributed by atoms with Gasteiger partial charge in [0.25, 0.3) is 0 Å². The van der Waals surface area contributed by atoms with E-state index in [9.17, 15) is 0 Å². The maximum absolute atomic E-state index is 4.21. The Bertz CT molecular complexity index is 540. The van der Waals surface area contributed by atoms with Gasteiger partial charge in [0, 0.05) is 11.0 Å². The van der Waals surface area contributed by atoms with Gasteiger partial charge in [-0.1, -0.05) is 6.07 Å². The molecule has 0 radical (unpaired) electrons. The molecule has 94 valence electrons. The summed E-state index contributed by atoms with van der Waals surface area (Å²) in [5.74, 6) is 0. The number of halogens is 1. The standard InChI is InChI=1S/C14H16BrN3/c1-3-17-11-7-12(9-16-8-11)18-14-6-10(2)4-5-13(14)15/h4-9,17-18H,3H2,1-2H3. The largest absolute Gasteiger partial charge is 0.384 e. The van der Waals surface area contributed by atoms with Crippen LogP contribution in [0.1, 0.15) is 12.5 Å². The highest BCUT2D eigenvalue weighted by molar-refractivity contribution is 9.10. The third-order valence-electron chi connectivity index (χ3n) is 2.52. The van der Waals surface area contributed by atoms with E-state index in [2.05, 4.69) is 57.5 Å². The van der Waals surface area contributed by atoms with Gasteiger partial charge in [-0.3, -0.25) is 4.98 Å². The molecule has 0 fully saturated rings. The minimum Gasteiger partial charge on any atom is -0.384 e. The summed E-state index contributed by atoms with van der Waals surface area (Å²) in [6.45, 7) is 5.03. The normalized spacial score (nSPS) is 10.2. The fourth-order valence-electron chi connectivity index (χ4n) is 1.70. The van der Waals surface area contributed by atoms with E-state index >= 15 is 0 Å². The molecule has 0 spiro atoms. The van der Waals surface area contributed by atoms with Crippen LogP contribution in [0.4, 0.5) is 17.1 Å². The average molecular weight is 306 g/mol. The summed E-state index contributed by atoms with van der Waals surface area (Å²) in [5, 5.41) is 6.61. The van der Waals surface area contributed by atoms with Crippen molar-refractivity contribution in [1.82, 2.24) is 4.98 Å². The van der Waals surface area contributed by atoms with Gasteiger partial charge in [-0.05, 0) is 53.5 Å². The highest BCUT2D eigenvalue weighted by Gasteiger charge is 2.02. The zero-order valence-corrected chi connectivity index (χ0v) is 12.1. The summed E-state index contributed by atoms with van der Waals surface area (Å²) < 4.78 is 1.04. The SMILES string of the molecule is CCNc1cncc(Nc2cc(C)ccc2Br)c1. The molecule has 1 aromatic carbocycles. The molecule has 2 N–H and O–H groups in total. The molecule has 2 rings (SSSR count). The Morgan fingerprint density at radius 3 is 2.72 bits per heavy atom. The molecule has 0 aliphatic carbocycles. The van der Waals surface area contributed by atoms with Crippen LogP contribution in [0.15, 0.2) is 41.1 Å². The van der Waals surface area contributed by atoms with Gasteiger partial charge >= 0.3 is 0 Å². The summed E-state index contributed by atoms with van der Waals surface area (Å²) in [4.78, 5) is 4.21. The van der Waals surface area contributed by atoms with E-state index in [1.165, 1.54) is 5.56 Å². The monoisotopic (exact) mass is 305 g/mol. The van der Waals surface area contributed by atoms with Crippen molar-refractivity contribution in [3.63, 3.8) is 0 Å². The van der Waals surface area contributed by atoms with Crippen LogP contribution in [0.5, 0.6) is 0 Å². The summed E-state index contributed by atoms with van der Waals surface area (Å²) >= 11 is 3.54. The zero-order chi connectivity index (χ0) is 13.0. The van der Waals surface area contributed by atoms with Crippen molar-refractivity contribution in [1.29, 1.82) is 0 Å². The number of pyridine rings is 1. The van der Waals surface area contributed by atoms with Crippen LogP contribution in [0.2, 0.25) is 0 Å². The van der Waals surface area contributed by atoms with Gasteiger partial charge in [-0.15, -0.1) is 0 Å². The summed E-state index contributed by atoms with van der Waals surface area (Å²) in [6, 6.07) is 8.26. The Balaban J connectivity index is 2.22. The fraction of sp³-hybridized carbons (Fsp3) is 0.214. The molecule has 2 aromatic rings. The number of aromatic nitrogens is 1. The van der Waals surface area contributed by atoms with Crippen LogP contribution in [-0.2, 0) is 0 Å². The Hall–Kier alpha value is -1.55. The maximum atomic E-state index is 4.21. The number of aryl methyl sites for hydroxylation is 1. The first-order chi connectivity index (χ1) is 8.69. The lowest BCUT2D eigenvalue weighted by atomic mass is 10.2. The van der Waals surface area contributed by atoms with Gasteiger partial charge in [0.2, 0.25) is 0 Å². The third kappa shape index (κ3) is 3.23. The first-order valence-corrected chi connectivity index (χ1v) is 6.70. The van der Waals surface area contributed by atoms with E-state index in [1.54, 1.807) is 0 Å². The van der Waals surface area contributed by atoms with Gasteiger partial charge in [-0.25, -0.2) is 0 Å². The van der Waals surface area contributed by atoms with Gasteiger partial charge in [0.15, 0.2) is 0 Å². The van der Waals surface area contributed by atoms with E-state index in [1.807, 2.05) is 24.5 Å². The van der Waals surface area contributed by atoms with Crippen molar-refractivity contribution in [2.75, 3.05) is 17.2 Å². The second kappa shape index (κ2) is 5.87. The average Bonchev–Trinajstić information content (AvgIpc) is 2.35. The maximum Gasteiger partial charge on any atom is 0.0591 e. The summed E-state index contributed by atoms with van der Waals surface area (Å²) in [7, 11) is 0. The number of hydrogen-bond donors (Lipinski definition) is 2. The lowest BCUT2D eigenvalue weighted by Gasteiger charge is -2.10. The van der Waals surface area contributed by atoms with Crippen molar-refractivity contribution in [3.8, 4) is 0 Å². The molecule has 1 aromatic heterocycles. The molecule has 0 bridgehead atoms. The van der Waals surface area contributed by atoms with Crippen LogP contribution < -0.4 is 10.6 Å². The van der Waals surface area contributed by atoms with Crippen molar-refractivity contribution in [3.05, 3.63) is 46.7 Å². The minimum atomic E-state index is 0.888. The van der Waals surface area contributed by atoms with Crippen molar-refractivity contribution in [2.24, 2.45) is 0 Å². The number of nitrogens with one attached hydrogen (secondary N) is 2. The molecule has 1 heterocycles. The first-order valence-electron chi connectivity index (χ1n) is 5.91. The van der Waals surface area contributed by atoms with E-state index < -0.39 is 0 Å². The molecule has 3 nitrogen and oxygen atoms in total. The molecular weight excluding hydrogens is 290 g/mol. The molecule has 18 heavy (non-hydrogen) atoms. The Kier molecular flexibility index (Phi) is 4.20. The minimum absolute atomic E-state index is 0.888. The highest BCUT2D eigenvalue weighted by Crippen LogP contribution is 2.27. The third-order valence-corrected chi connectivity index (χ3v) is 3.21. The van der Waals surface area contributed by atoms with Gasteiger partial charge < -0.3 is 10.6 Å². The van der Waals surface area contributed by atoms with E-state index in [0.29, 0.717) is 0 Å². The van der Waals surface area contributed by atoms with E-state index in [4.69, 9.17) is 0 Å². The molecule has 0 atom stereocenters. The smallest absolute Gasteiger partial charge is 0.0591 e. The number of nitrogens with zero attached hydrogens (tertiary/aromatic N) is 1. The van der Waals surface area contributed by atoms with E-state index in [0.717, 1.165) is 28.1 Å². The van der Waals surface area contributed by atoms with Gasteiger partial charge in [0.05, 0.1) is 29.5 Å². The van der Waals surface area contributed by atoms with Crippen molar-refractivity contribution in [2.45, 2.75) is 13.8 Å². The lowest BCUT2D eigenvalue weighted by Crippen LogP contribution is -1.99. The summed E-state index contributed by atoms with van der Waals surface area (Å²) in [6.07, 6.45) is 3.63. The number of rotatable bonds is 4. The molecular formula is C14H16BrN3. The first kappa shape index (κ1) is 12.9. The number of hydrogen-bond acceptors (Lipinski definition) is 3. The van der Waals surface area contributed by atoms with Gasteiger partial charge in [-0.2, -0.15) is 0 Å². The topological polar surface area (TPSA) is 37.0 Å². The van der Waals surface area contributed by atoms with Crippen LogP contribution >= 0.6 is 15.9 Å². The van der Waals surface area contributed by atoms with Crippen LogP contribution in [0.3, 0.4) is 0 Å². The van der Waals surface area contributed by atoms with Gasteiger partial charge in [0.1, 0.15) is 0 Å². The lowest BCUT2D eigenvalue weighted by molar-refractivity contribution is 1.19. The second-order valence-electron chi connectivity index (χ2n) is 4.10. The Morgan fingerprint density at radius 1 is 1.17 bits per heavy atom. The zero-order valence-electron chi connectivity index (χ0n) is 10.5. The molecule has 0 saturated heterocycles. The highest BCUT2D eigenvalue weighted by atomic mass is 79.9. The molecule has 0 unspecified atom stereocenters. The number of benzene rings is 1. The predicted molar refractivity (Wildman–Crippen MR) is 80.6 cm³/mol. The molecule has 0 amide bonds. The molecule has 0 aliphatic rings. The Labute approximate surface area is 116 Å².